The predicted octanol–water partition coefficient (Wildman–Crippen LogP) is 2.98. The number of thiazole rings is 1. The average molecular weight is 357 g/mol. The Bertz CT molecular complexity index is 699. The van der Waals surface area contributed by atoms with Gasteiger partial charge in [0, 0.05) is 57.9 Å². The molecule has 25 heavy (non-hydrogen) atoms. The number of rotatable bonds is 5. The van der Waals surface area contributed by atoms with Crippen molar-refractivity contribution < 1.29 is 0 Å². The van der Waals surface area contributed by atoms with E-state index >= 15 is 0 Å². The third-order valence-corrected chi connectivity index (χ3v) is 6.70. The molecule has 0 saturated carbocycles. The summed E-state index contributed by atoms with van der Waals surface area (Å²) in [6.07, 6.45) is 2.07. The van der Waals surface area contributed by atoms with Crippen molar-refractivity contribution in [3.8, 4) is 10.4 Å². The Labute approximate surface area is 155 Å². The highest BCUT2D eigenvalue weighted by Crippen LogP contribution is 2.34. The topological polar surface area (TPSA) is 22.6 Å². The van der Waals surface area contributed by atoms with Crippen molar-refractivity contribution in [2.45, 2.75) is 19.4 Å². The summed E-state index contributed by atoms with van der Waals surface area (Å²) in [5.74, 6) is 0.646. The fraction of sp³-hybridized carbons (Fsp3) is 0.550. The van der Waals surface area contributed by atoms with Gasteiger partial charge in [0.05, 0.1) is 9.88 Å². The molecule has 2 aromatic rings. The number of nitrogens with zero attached hydrogens (tertiary/aromatic N) is 4. The maximum Gasteiger partial charge on any atom is 0.0987 e. The largest absolute Gasteiger partial charge is 0.304 e. The SMILES string of the molecule is CCN1CC(c2ncc(-c3cccc(CN4CCN(C)CC4)c3)s2)C1. The monoisotopic (exact) mass is 356 g/mol. The highest BCUT2D eigenvalue weighted by molar-refractivity contribution is 7.15. The fourth-order valence-corrected chi connectivity index (χ4v) is 4.68. The summed E-state index contributed by atoms with van der Waals surface area (Å²) in [6, 6.07) is 9.04. The van der Waals surface area contributed by atoms with E-state index in [1.807, 2.05) is 11.3 Å². The van der Waals surface area contributed by atoms with Crippen LogP contribution in [0.3, 0.4) is 0 Å². The molecule has 2 aliphatic heterocycles. The minimum atomic E-state index is 0.646. The summed E-state index contributed by atoms with van der Waals surface area (Å²) < 4.78 is 0. The van der Waals surface area contributed by atoms with Gasteiger partial charge in [0.1, 0.15) is 0 Å². The summed E-state index contributed by atoms with van der Waals surface area (Å²) >= 11 is 1.88. The van der Waals surface area contributed by atoms with Crippen LogP contribution in [-0.4, -0.2) is 72.5 Å². The Kier molecular flexibility index (Phi) is 5.17. The molecule has 3 heterocycles. The van der Waals surface area contributed by atoms with Gasteiger partial charge in [-0.25, -0.2) is 4.98 Å². The fourth-order valence-electron chi connectivity index (χ4n) is 3.68. The number of piperazine rings is 1. The van der Waals surface area contributed by atoms with Gasteiger partial charge in [0.25, 0.3) is 0 Å². The third-order valence-electron chi connectivity index (χ3n) is 5.49. The van der Waals surface area contributed by atoms with E-state index in [9.17, 15) is 0 Å². The molecule has 0 bridgehead atoms. The van der Waals surface area contributed by atoms with Gasteiger partial charge in [-0.2, -0.15) is 0 Å². The highest BCUT2D eigenvalue weighted by Gasteiger charge is 2.29. The molecule has 0 radical (unpaired) electrons. The van der Waals surface area contributed by atoms with Gasteiger partial charge in [0.15, 0.2) is 0 Å². The zero-order valence-corrected chi connectivity index (χ0v) is 16.1. The van der Waals surface area contributed by atoms with E-state index in [4.69, 9.17) is 4.98 Å². The van der Waals surface area contributed by atoms with E-state index in [1.165, 1.54) is 60.3 Å². The van der Waals surface area contributed by atoms with Crippen LogP contribution in [0.15, 0.2) is 30.5 Å². The van der Waals surface area contributed by atoms with Crippen molar-refractivity contribution in [3.63, 3.8) is 0 Å². The zero-order valence-electron chi connectivity index (χ0n) is 15.3. The van der Waals surface area contributed by atoms with E-state index < -0.39 is 0 Å². The molecular formula is C20H28N4S. The first-order chi connectivity index (χ1) is 12.2. The van der Waals surface area contributed by atoms with Gasteiger partial charge in [-0.05, 0) is 30.8 Å². The smallest absolute Gasteiger partial charge is 0.0987 e. The molecule has 0 spiro atoms. The Balaban J connectivity index is 1.42. The maximum absolute atomic E-state index is 4.71. The van der Waals surface area contributed by atoms with Crippen LogP contribution in [0.2, 0.25) is 0 Å². The quantitative estimate of drug-likeness (QED) is 0.821. The van der Waals surface area contributed by atoms with Crippen LogP contribution < -0.4 is 0 Å². The van der Waals surface area contributed by atoms with E-state index in [-0.39, 0.29) is 0 Å². The molecule has 4 nitrogen and oxygen atoms in total. The van der Waals surface area contributed by atoms with Gasteiger partial charge in [-0.1, -0.05) is 25.1 Å². The Morgan fingerprint density at radius 3 is 2.68 bits per heavy atom. The molecule has 0 aliphatic carbocycles. The number of likely N-dealkylation sites (N-methyl/N-ethyl adjacent to an activating group) is 2. The minimum absolute atomic E-state index is 0.646. The number of benzene rings is 1. The van der Waals surface area contributed by atoms with Gasteiger partial charge >= 0.3 is 0 Å². The van der Waals surface area contributed by atoms with Crippen molar-refractivity contribution in [3.05, 3.63) is 41.0 Å². The standard InChI is InChI=1S/C20H28N4S/c1-3-23-14-18(15-23)20-21-12-19(25-20)17-6-4-5-16(11-17)13-24-9-7-22(2)8-10-24/h4-6,11-12,18H,3,7-10,13-15H2,1-2H3. The summed E-state index contributed by atoms with van der Waals surface area (Å²) in [5, 5.41) is 1.31. The first-order valence-corrected chi connectivity index (χ1v) is 10.2. The Morgan fingerprint density at radius 2 is 1.92 bits per heavy atom. The van der Waals surface area contributed by atoms with E-state index in [0.717, 1.165) is 13.1 Å². The number of hydrogen-bond donors (Lipinski definition) is 0. The van der Waals surface area contributed by atoms with Crippen molar-refractivity contribution in [1.82, 2.24) is 19.7 Å². The lowest BCUT2D eigenvalue weighted by molar-refractivity contribution is 0.148. The molecule has 0 N–H and O–H groups in total. The molecular weight excluding hydrogens is 328 g/mol. The lowest BCUT2D eigenvalue weighted by Crippen LogP contribution is -2.44. The molecule has 2 fully saturated rings. The van der Waals surface area contributed by atoms with Crippen LogP contribution in [0.1, 0.15) is 23.4 Å². The molecule has 0 amide bonds. The van der Waals surface area contributed by atoms with Crippen LogP contribution in [-0.2, 0) is 6.54 Å². The number of aromatic nitrogens is 1. The Hall–Kier alpha value is -1.27. The van der Waals surface area contributed by atoms with E-state index in [1.54, 1.807) is 0 Å². The van der Waals surface area contributed by atoms with Crippen molar-refractivity contribution >= 4 is 11.3 Å². The van der Waals surface area contributed by atoms with Gasteiger partial charge in [-0.3, -0.25) is 4.90 Å². The van der Waals surface area contributed by atoms with Gasteiger partial charge in [0.2, 0.25) is 0 Å². The summed E-state index contributed by atoms with van der Waals surface area (Å²) in [6.45, 7) is 11.5. The van der Waals surface area contributed by atoms with Crippen LogP contribution in [0.4, 0.5) is 0 Å². The molecule has 2 aliphatic rings. The second kappa shape index (κ2) is 7.54. The van der Waals surface area contributed by atoms with E-state index in [2.05, 4.69) is 59.1 Å². The van der Waals surface area contributed by atoms with Gasteiger partial charge < -0.3 is 9.80 Å². The van der Waals surface area contributed by atoms with Crippen LogP contribution in [0.25, 0.3) is 10.4 Å². The van der Waals surface area contributed by atoms with Crippen molar-refractivity contribution in [2.24, 2.45) is 0 Å². The zero-order chi connectivity index (χ0) is 17.2. The lowest BCUT2D eigenvalue weighted by atomic mass is 10.0. The second-order valence-corrected chi connectivity index (χ2v) is 8.45. The minimum Gasteiger partial charge on any atom is -0.304 e. The number of likely N-dealkylation sites (tertiary alicyclic amines) is 1. The third kappa shape index (κ3) is 3.95. The van der Waals surface area contributed by atoms with E-state index in [0.29, 0.717) is 5.92 Å². The maximum atomic E-state index is 4.71. The summed E-state index contributed by atoms with van der Waals surface area (Å²) in [4.78, 5) is 13.5. The first kappa shape index (κ1) is 17.2. The second-order valence-electron chi connectivity index (χ2n) is 7.39. The normalized spacial score (nSPS) is 20.7. The Morgan fingerprint density at radius 1 is 1.12 bits per heavy atom. The molecule has 1 aromatic heterocycles. The molecule has 134 valence electrons. The molecule has 0 unspecified atom stereocenters. The van der Waals surface area contributed by atoms with Gasteiger partial charge in [-0.15, -0.1) is 11.3 Å². The van der Waals surface area contributed by atoms with Crippen molar-refractivity contribution in [2.75, 3.05) is 52.9 Å². The summed E-state index contributed by atoms with van der Waals surface area (Å²) in [5.41, 5.74) is 2.74. The first-order valence-electron chi connectivity index (χ1n) is 9.39. The highest BCUT2D eigenvalue weighted by atomic mass is 32.1. The average Bonchev–Trinajstić information content (AvgIpc) is 3.06. The predicted molar refractivity (Wildman–Crippen MR) is 105 cm³/mol. The molecule has 5 heteroatoms. The molecule has 2 saturated heterocycles. The number of hydrogen-bond acceptors (Lipinski definition) is 5. The van der Waals surface area contributed by atoms with Crippen LogP contribution in [0.5, 0.6) is 0 Å². The summed E-state index contributed by atoms with van der Waals surface area (Å²) in [7, 11) is 2.21. The molecule has 0 atom stereocenters. The lowest BCUT2D eigenvalue weighted by Gasteiger charge is -2.37. The van der Waals surface area contributed by atoms with Crippen molar-refractivity contribution in [1.29, 1.82) is 0 Å². The van der Waals surface area contributed by atoms with Crippen LogP contribution >= 0.6 is 11.3 Å². The molecule has 4 rings (SSSR count). The molecule has 1 aromatic carbocycles. The van der Waals surface area contributed by atoms with Crippen LogP contribution in [0, 0.1) is 0 Å².